The SMILES string of the molecule is CCc1ncc(C(=O)NC/C=C/S(C)(=O)=O)c(Oc2ccccc2)n1. The van der Waals surface area contributed by atoms with Crippen LogP contribution in [0.25, 0.3) is 0 Å². The first-order valence-electron chi connectivity index (χ1n) is 7.62. The summed E-state index contributed by atoms with van der Waals surface area (Å²) in [4.78, 5) is 20.7. The number of benzene rings is 1. The van der Waals surface area contributed by atoms with Crippen LogP contribution in [-0.4, -0.2) is 37.1 Å². The highest BCUT2D eigenvalue weighted by Gasteiger charge is 2.16. The molecule has 1 heterocycles. The minimum Gasteiger partial charge on any atom is -0.438 e. The highest BCUT2D eigenvalue weighted by atomic mass is 32.2. The summed E-state index contributed by atoms with van der Waals surface area (Å²) in [5, 5.41) is 3.62. The molecular formula is C17H19N3O4S. The molecule has 0 aliphatic carbocycles. The number of amides is 1. The molecule has 8 heteroatoms. The lowest BCUT2D eigenvalue weighted by Crippen LogP contribution is -2.24. The zero-order valence-corrected chi connectivity index (χ0v) is 14.8. The zero-order chi connectivity index (χ0) is 18.3. The minimum absolute atomic E-state index is 0.0617. The highest BCUT2D eigenvalue weighted by Crippen LogP contribution is 2.22. The Bertz CT molecular complexity index is 865. The van der Waals surface area contributed by atoms with Crippen molar-refractivity contribution in [3.8, 4) is 11.6 Å². The Balaban J connectivity index is 2.18. The Morgan fingerprint density at radius 3 is 2.64 bits per heavy atom. The summed E-state index contributed by atoms with van der Waals surface area (Å²) in [5.74, 6) is 0.808. The number of nitrogens with one attached hydrogen (secondary N) is 1. The maximum Gasteiger partial charge on any atom is 0.258 e. The molecule has 0 spiro atoms. The molecule has 0 radical (unpaired) electrons. The van der Waals surface area contributed by atoms with E-state index in [4.69, 9.17) is 4.74 Å². The molecule has 0 unspecified atom stereocenters. The first kappa shape index (κ1) is 18.6. The van der Waals surface area contributed by atoms with Crippen LogP contribution in [0.1, 0.15) is 23.1 Å². The fraction of sp³-hybridized carbons (Fsp3) is 0.235. The molecule has 1 amide bonds. The van der Waals surface area contributed by atoms with Crippen LogP contribution in [0.2, 0.25) is 0 Å². The summed E-state index contributed by atoms with van der Waals surface area (Å²) < 4.78 is 27.8. The number of para-hydroxylation sites is 1. The Morgan fingerprint density at radius 1 is 1.28 bits per heavy atom. The number of carbonyl (C=O) groups is 1. The van der Waals surface area contributed by atoms with E-state index in [1.807, 2.05) is 25.1 Å². The number of sulfone groups is 1. The Kier molecular flexibility index (Phi) is 6.24. The molecule has 0 aliphatic heterocycles. The average molecular weight is 361 g/mol. The van der Waals surface area contributed by atoms with Crippen LogP contribution < -0.4 is 10.1 Å². The predicted octanol–water partition coefficient (Wildman–Crippen LogP) is 2.12. The normalized spacial score (nSPS) is 11.4. The standard InChI is InChI=1S/C17H19N3O4S/c1-3-15-19-12-14(16(21)18-10-7-11-25(2,22)23)17(20-15)24-13-8-5-4-6-9-13/h4-9,11-12H,3,10H2,1-2H3,(H,18,21)/b11-7+. The van der Waals surface area contributed by atoms with Crippen molar-refractivity contribution in [2.45, 2.75) is 13.3 Å². The topological polar surface area (TPSA) is 98.2 Å². The Morgan fingerprint density at radius 2 is 2.00 bits per heavy atom. The van der Waals surface area contributed by atoms with Crippen LogP contribution in [0.4, 0.5) is 0 Å². The molecule has 1 aromatic heterocycles. The molecule has 0 saturated carbocycles. The first-order valence-corrected chi connectivity index (χ1v) is 9.58. The Labute approximate surface area is 146 Å². The van der Waals surface area contributed by atoms with Crippen molar-refractivity contribution in [2.75, 3.05) is 12.8 Å². The van der Waals surface area contributed by atoms with E-state index in [9.17, 15) is 13.2 Å². The van der Waals surface area contributed by atoms with E-state index in [1.54, 1.807) is 12.1 Å². The van der Waals surface area contributed by atoms with E-state index in [-0.39, 0.29) is 18.0 Å². The number of aromatic nitrogens is 2. The van der Waals surface area contributed by atoms with Gasteiger partial charge in [0.25, 0.3) is 5.91 Å². The molecule has 0 saturated heterocycles. The van der Waals surface area contributed by atoms with Gasteiger partial charge in [-0.05, 0) is 12.1 Å². The summed E-state index contributed by atoms with van der Waals surface area (Å²) >= 11 is 0. The lowest BCUT2D eigenvalue weighted by atomic mass is 10.3. The van der Waals surface area contributed by atoms with Gasteiger partial charge in [-0.2, -0.15) is 4.98 Å². The number of nitrogens with zero attached hydrogens (tertiary/aromatic N) is 2. The molecule has 0 atom stereocenters. The first-order chi connectivity index (χ1) is 11.9. The quantitative estimate of drug-likeness (QED) is 0.811. The van der Waals surface area contributed by atoms with Gasteiger partial charge in [0, 0.05) is 30.8 Å². The lowest BCUT2D eigenvalue weighted by molar-refractivity contribution is 0.0954. The second-order valence-corrected chi connectivity index (χ2v) is 7.12. The minimum atomic E-state index is -3.23. The van der Waals surface area contributed by atoms with Gasteiger partial charge >= 0.3 is 0 Å². The van der Waals surface area contributed by atoms with Crippen LogP contribution in [0.15, 0.2) is 48.0 Å². The van der Waals surface area contributed by atoms with E-state index in [2.05, 4.69) is 15.3 Å². The third-order valence-electron chi connectivity index (χ3n) is 3.05. The maximum atomic E-state index is 12.3. The molecule has 132 valence electrons. The molecule has 0 fully saturated rings. The number of aryl methyl sites for hydroxylation is 1. The maximum absolute atomic E-state index is 12.3. The van der Waals surface area contributed by atoms with Crippen molar-refractivity contribution in [1.29, 1.82) is 0 Å². The van der Waals surface area contributed by atoms with Gasteiger partial charge in [0.15, 0.2) is 9.84 Å². The smallest absolute Gasteiger partial charge is 0.258 e. The summed E-state index contributed by atoms with van der Waals surface area (Å²) in [5.41, 5.74) is 0.175. The van der Waals surface area contributed by atoms with Gasteiger partial charge in [-0.3, -0.25) is 4.79 Å². The largest absolute Gasteiger partial charge is 0.438 e. The lowest BCUT2D eigenvalue weighted by Gasteiger charge is -2.10. The number of hydrogen-bond donors (Lipinski definition) is 1. The van der Waals surface area contributed by atoms with Crippen LogP contribution in [0.5, 0.6) is 11.6 Å². The van der Waals surface area contributed by atoms with Gasteiger partial charge in [-0.15, -0.1) is 0 Å². The van der Waals surface area contributed by atoms with E-state index in [0.29, 0.717) is 18.0 Å². The summed E-state index contributed by atoms with van der Waals surface area (Å²) in [6, 6.07) is 8.99. The highest BCUT2D eigenvalue weighted by molar-refractivity contribution is 7.93. The van der Waals surface area contributed by atoms with Gasteiger partial charge in [0.05, 0.1) is 0 Å². The van der Waals surface area contributed by atoms with Crippen LogP contribution in [0, 0.1) is 0 Å². The molecule has 7 nitrogen and oxygen atoms in total. The van der Waals surface area contributed by atoms with Gasteiger partial charge in [0.1, 0.15) is 17.1 Å². The van der Waals surface area contributed by atoms with Crippen molar-refractivity contribution >= 4 is 15.7 Å². The number of carbonyl (C=O) groups excluding carboxylic acids is 1. The number of hydrogen-bond acceptors (Lipinski definition) is 6. The van der Waals surface area contributed by atoms with Crippen molar-refractivity contribution in [3.63, 3.8) is 0 Å². The van der Waals surface area contributed by atoms with Gasteiger partial charge in [0.2, 0.25) is 5.88 Å². The monoisotopic (exact) mass is 361 g/mol. The second-order valence-electron chi connectivity index (χ2n) is 5.19. The summed E-state index contributed by atoms with van der Waals surface area (Å²) in [7, 11) is -3.23. The summed E-state index contributed by atoms with van der Waals surface area (Å²) in [6.07, 6.45) is 4.44. The molecule has 2 rings (SSSR count). The molecular weight excluding hydrogens is 342 g/mol. The third kappa shape index (κ3) is 6.00. The van der Waals surface area contributed by atoms with Gasteiger partial charge in [-0.25, -0.2) is 13.4 Å². The molecule has 2 aromatic rings. The predicted molar refractivity (Wildman–Crippen MR) is 94.2 cm³/mol. The molecule has 0 aliphatic rings. The van der Waals surface area contributed by atoms with E-state index < -0.39 is 15.7 Å². The van der Waals surface area contributed by atoms with Crippen molar-refractivity contribution in [1.82, 2.24) is 15.3 Å². The van der Waals surface area contributed by atoms with Gasteiger partial charge < -0.3 is 10.1 Å². The van der Waals surface area contributed by atoms with Gasteiger partial charge in [-0.1, -0.05) is 31.2 Å². The van der Waals surface area contributed by atoms with E-state index >= 15 is 0 Å². The molecule has 1 N–H and O–H groups in total. The van der Waals surface area contributed by atoms with Crippen molar-refractivity contribution in [2.24, 2.45) is 0 Å². The fourth-order valence-electron chi connectivity index (χ4n) is 1.87. The number of rotatable bonds is 7. The fourth-order valence-corrected chi connectivity index (χ4v) is 2.32. The second kappa shape index (κ2) is 8.39. The number of ether oxygens (including phenoxy) is 1. The van der Waals surface area contributed by atoms with Crippen LogP contribution in [-0.2, 0) is 16.3 Å². The molecule has 1 aromatic carbocycles. The van der Waals surface area contributed by atoms with Crippen LogP contribution in [0.3, 0.4) is 0 Å². The molecule has 25 heavy (non-hydrogen) atoms. The zero-order valence-electron chi connectivity index (χ0n) is 14.0. The summed E-state index contributed by atoms with van der Waals surface area (Å²) in [6.45, 7) is 1.96. The van der Waals surface area contributed by atoms with Crippen LogP contribution >= 0.6 is 0 Å². The Hall–Kier alpha value is -2.74. The average Bonchev–Trinajstić information content (AvgIpc) is 2.58. The van der Waals surface area contributed by atoms with Crippen molar-refractivity contribution in [3.05, 3.63) is 59.4 Å². The van der Waals surface area contributed by atoms with E-state index in [0.717, 1.165) is 11.7 Å². The van der Waals surface area contributed by atoms with Crippen molar-refractivity contribution < 1.29 is 17.9 Å². The molecule has 0 bridgehead atoms. The third-order valence-corrected chi connectivity index (χ3v) is 3.73. The van der Waals surface area contributed by atoms with E-state index in [1.165, 1.54) is 12.3 Å².